The van der Waals surface area contributed by atoms with Crippen LogP contribution in [-0.4, -0.2) is 0 Å². The zero-order valence-corrected chi connectivity index (χ0v) is 4.43. The number of halogens is 1. The molecule has 25 valence electrons. The maximum atomic E-state index is 5.05. The predicted molar refractivity (Wildman–Crippen MR) is 15.0 cm³/mol. The van der Waals surface area contributed by atoms with Crippen LogP contribution in [0.15, 0.2) is 10.2 Å². The summed E-state index contributed by atoms with van der Waals surface area (Å²) in [5, 5.41) is 0. The molecule has 0 N–H and O–H groups in total. The van der Waals surface area contributed by atoms with E-state index in [9.17, 15) is 0 Å². The van der Waals surface area contributed by atoms with Crippen molar-refractivity contribution in [2.75, 3.05) is 0 Å². The van der Waals surface area contributed by atoms with Crippen molar-refractivity contribution in [2.24, 2.45) is 0 Å². The summed E-state index contributed by atoms with van der Waals surface area (Å²) in [4.78, 5) is 0. The molecular formula is C2H2ClRu. The van der Waals surface area contributed by atoms with Crippen LogP contribution in [-0.2, 0) is 18.3 Å². The zero-order valence-electron chi connectivity index (χ0n) is 1.94. The van der Waals surface area contributed by atoms with Crippen LogP contribution in [0.3, 0.4) is 0 Å². The van der Waals surface area contributed by atoms with Gasteiger partial charge in [-0.05, 0) is 0 Å². The SMILES string of the molecule is C=[C](Cl)[Ru]. The van der Waals surface area contributed by atoms with Crippen molar-refractivity contribution in [1.29, 1.82) is 0 Å². The van der Waals surface area contributed by atoms with Crippen molar-refractivity contribution in [3.63, 3.8) is 0 Å². The van der Waals surface area contributed by atoms with Gasteiger partial charge in [0.15, 0.2) is 0 Å². The van der Waals surface area contributed by atoms with E-state index in [0.29, 0.717) is 3.63 Å². The molecule has 0 rings (SSSR count). The van der Waals surface area contributed by atoms with Crippen LogP contribution in [0.4, 0.5) is 0 Å². The molecule has 0 aliphatic carbocycles. The van der Waals surface area contributed by atoms with Gasteiger partial charge in [0.05, 0.1) is 0 Å². The van der Waals surface area contributed by atoms with E-state index in [1.807, 2.05) is 0 Å². The van der Waals surface area contributed by atoms with E-state index in [-0.39, 0.29) is 0 Å². The molecule has 0 bridgehead atoms. The molecule has 0 aromatic heterocycles. The molecule has 2 heteroatoms. The van der Waals surface area contributed by atoms with Crippen molar-refractivity contribution < 1.29 is 18.3 Å². The molecular weight excluding hydrogens is 161 g/mol. The van der Waals surface area contributed by atoms with Gasteiger partial charge in [-0.2, -0.15) is 0 Å². The molecule has 0 fully saturated rings. The summed E-state index contributed by atoms with van der Waals surface area (Å²) < 4.78 is 0.569. The van der Waals surface area contributed by atoms with Gasteiger partial charge in [0.2, 0.25) is 0 Å². The third-order valence-electron chi connectivity index (χ3n) is 0. The van der Waals surface area contributed by atoms with Gasteiger partial charge < -0.3 is 0 Å². The van der Waals surface area contributed by atoms with E-state index in [2.05, 4.69) is 24.9 Å². The van der Waals surface area contributed by atoms with E-state index in [1.165, 1.54) is 0 Å². The Balaban J connectivity index is 2.80. The van der Waals surface area contributed by atoms with Crippen LogP contribution in [0.1, 0.15) is 0 Å². The van der Waals surface area contributed by atoms with Crippen molar-refractivity contribution >= 4 is 11.6 Å². The average molecular weight is 163 g/mol. The van der Waals surface area contributed by atoms with E-state index in [4.69, 9.17) is 11.6 Å². The van der Waals surface area contributed by atoms with E-state index in [1.54, 1.807) is 0 Å². The molecule has 0 aliphatic heterocycles. The summed E-state index contributed by atoms with van der Waals surface area (Å²) in [6.07, 6.45) is 0. The van der Waals surface area contributed by atoms with Crippen molar-refractivity contribution in [1.82, 2.24) is 0 Å². The van der Waals surface area contributed by atoms with E-state index in [0.717, 1.165) is 0 Å². The predicted octanol–water partition coefficient (Wildman–Crippen LogP) is 1.24. The number of hydrogen-bond donors (Lipinski definition) is 0. The molecule has 0 radical (unpaired) electrons. The zero-order chi connectivity index (χ0) is 3.58. The molecule has 0 heterocycles. The molecule has 4 heavy (non-hydrogen) atoms. The van der Waals surface area contributed by atoms with Crippen LogP contribution in [0.2, 0.25) is 0 Å². The van der Waals surface area contributed by atoms with Crippen LogP contribution in [0, 0.1) is 0 Å². The Labute approximate surface area is 40.5 Å². The first-order valence-electron chi connectivity index (χ1n) is 0.719. The Hall–Kier alpha value is 0.653. The summed E-state index contributed by atoms with van der Waals surface area (Å²) >= 11 is 7.20. The fourth-order valence-corrected chi connectivity index (χ4v) is 0. The van der Waals surface area contributed by atoms with Crippen LogP contribution in [0.25, 0.3) is 0 Å². The van der Waals surface area contributed by atoms with Gasteiger partial charge in [-0.25, -0.2) is 0 Å². The molecule has 0 nitrogen and oxygen atoms in total. The third-order valence-corrected chi connectivity index (χ3v) is 0. The third kappa shape index (κ3) is 17.0. The maximum absolute atomic E-state index is 5.05. The van der Waals surface area contributed by atoms with E-state index >= 15 is 0 Å². The second-order valence-electron chi connectivity index (χ2n) is 0.325. The molecule has 0 unspecified atom stereocenters. The molecule has 0 spiro atoms. The summed E-state index contributed by atoms with van der Waals surface area (Å²) in [5.74, 6) is 0. The summed E-state index contributed by atoms with van der Waals surface area (Å²) in [6.45, 7) is 3.29. The second-order valence-corrected chi connectivity index (χ2v) is 2.33. The van der Waals surface area contributed by atoms with Gasteiger partial charge in [-0.15, -0.1) is 0 Å². The molecule has 0 aromatic carbocycles. The summed E-state index contributed by atoms with van der Waals surface area (Å²) in [7, 11) is 0. The fourth-order valence-electron chi connectivity index (χ4n) is 0. The van der Waals surface area contributed by atoms with Gasteiger partial charge in [-0.3, -0.25) is 0 Å². The van der Waals surface area contributed by atoms with E-state index < -0.39 is 0 Å². The van der Waals surface area contributed by atoms with Gasteiger partial charge in [0.25, 0.3) is 0 Å². The minimum absolute atomic E-state index is 0.569. The average Bonchev–Trinajstić information content (AvgIpc) is 0.811. The Bertz CT molecular complexity index is 29.0. The van der Waals surface area contributed by atoms with Gasteiger partial charge in [-0.1, -0.05) is 0 Å². The van der Waals surface area contributed by atoms with Crippen LogP contribution >= 0.6 is 11.6 Å². The van der Waals surface area contributed by atoms with Crippen molar-refractivity contribution in [3.05, 3.63) is 10.2 Å². The first kappa shape index (κ1) is 4.65. The Morgan fingerprint density at radius 3 is 2.00 bits per heavy atom. The molecule has 0 aliphatic rings. The quantitative estimate of drug-likeness (QED) is 0.471. The molecule has 0 aromatic rings. The number of hydrogen-bond acceptors (Lipinski definition) is 0. The Morgan fingerprint density at radius 1 is 2.00 bits per heavy atom. The first-order valence-corrected chi connectivity index (χ1v) is 1.97. The van der Waals surface area contributed by atoms with Crippen LogP contribution < -0.4 is 0 Å². The second kappa shape index (κ2) is 1.93. The monoisotopic (exact) mass is 163 g/mol. The molecule has 0 amide bonds. The minimum atomic E-state index is 0.569. The van der Waals surface area contributed by atoms with Gasteiger partial charge >= 0.3 is 40.1 Å². The van der Waals surface area contributed by atoms with Gasteiger partial charge in [0, 0.05) is 0 Å². The number of rotatable bonds is 0. The summed E-state index contributed by atoms with van der Waals surface area (Å²) in [5.41, 5.74) is 0. The Morgan fingerprint density at radius 2 is 2.00 bits per heavy atom. The van der Waals surface area contributed by atoms with Crippen LogP contribution in [0.5, 0.6) is 0 Å². The fraction of sp³-hybridized carbons (Fsp3) is 0. The standard InChI is InChI=1S/C2H2Cl.Ru/c1-2-3;/h1H2;. The molecule has 0 saturated heterocycles. The van der Waals surface area contributed by atoms with Crippen molar-refractivity contribution in [2.45, 2.75) is 0 Å². The first-order chi connectivity index (χ1) is 1.73. The van der Waals surface area contributed by atoms with Crippen molar-refractivity contribution in [3.8, 4) is 0 Å². The molecule has 0 atom stereocenters. The topological polar surface area (TPSA) is 0 Å². The van der Waals surface area contributed by atoms with Gasteiger partial charge in [0.1, 0.15) is 0 Å². The Kier molecular flexibility index (Phi) is 2.24. The molecule has 0 saturated carbocycles. The summed E-state index contributed by atoms with van der Waals surface area (Å²) in [6, 6.07) is 0. The normalized spacial score (nSPS) is 6.50.